The van der Waals surface area contributed by atoms with Gasteiger partial charge in [0.25, 0.3) is 0 Å². The van der Waals surface area contributed by atoms with Gasteiger partial charge in [-0.3, -0.25) is 4.99 Å². The van der Waals surface area contributed by atoms with Crippen molar-refractivity contribution in [2.75, 3.05) is 0 Å². The number of hydrogen-bond donors (Lipinski definition) is 3. The van der Waals surface area contributed by atoms with Crippen molar-refractivity contribution < 1.29 is 15.3 Å². The molecule has 0 spiro atoms. The van der Waals surface area contributed by atoms with Crippen LogP contribution in [-0.2, 0) is 25.7 Å². The Balaban J connectivity index is 0.000000363. The highest BCUT2D eigenvalue weighted by atomic mass is 16.3. The van der Waals surface area contributed by atoms with Gasteiger partial charge in [0.1, 0.15) is 5.75 Å². The molecule has 2 aliphatic rings. The molecule has 0 radical (unpaired) electrons. The van der Waals surface area contributed by atoms with E-state index in [1.807, 2.05) is 24.4 Å². The highest BCUT2D eigenvalue weighted by Crippen LogP contribution is 2.36. The number of fused-ring (bicyclic) bond motifs is 1. The molecule has 58 heavy (non-hydrogen) atoms. The molecule has 0 aromatic heterocycles. The predicted molar refractivity (Wildman–Crippen MR) is 254 cm³/mol. The summed E-state index contributed by atoms with van der Waals surface area (Å²) in [6.07, 6.45) is 14.2. The summed E-state index contributed by atoms with van der Waals surface area (Å²) < 4.78 is 0. The van der Waals surface area contributed by atoms with Crippen molar-refractivity contribution in [3.8, 4) is 17.2 Å². The van der Waals surface area contributed by atoms with Crippen LogP contribution in [0.3, 0.4) is 0 Å². The van der Waals surface area contributed by atoms with E-state index in [4.69, 9.17) is 15.3 Å². The SMILES string of the molecule is C.CC(C)(C)CC1=CCC=N1.CC(C)(C)CC1=CCc2ccccc21.CC(C)Cc1ccc(O)c(O)c1.CC(C)Cc1ccc(O)cc1.CC(C)Cc1ccccc1. The van der Waals surface area contributed by atoms with Crippen LogP contribution in [0.4, 0.5) is 0 Å². The zero-order valence-corrected chi connectivity index (χ0v) is 37.4. The van der Waals surface area contributed by atoms with Crippen LogP contribution in [0.1, 0.15) is 138 Å². The van der Waals surface area contributed by atoms with Crippen LogP contribution >= 0.6 is 0 Å². The van der Waals surface area contributed by atoms with Crippen LogP contribution in [0.15, 0.2) is 120 Å². The maximum absolute atomic E-state index is 9.16. The zero-order chi connectivity index (χ0) is 42.6. The lowest BCUT2D eigenvalue weighted by Crippen LogP contribution is -2.05. The van der Waals surface area contributed by atoms with Gasteiger partial charge in [-0.05, 0) is 125 Å². The first-order valence-electron chi connectivity index (χ1n) is 21.0. The number of aliphatic imine (C=N–C) groups is 1. The van der Waals surface area contributed by atoms with Crippen molar-refractivity contribution in [1.29, 1.82) is 0 Å². The molecule has 4 aromatic rings. The summed E-state index contributed by atoms with van der Waals surface area (Å²) in [7, 11) is 0. The summed E-state index contributed by atoms with van der Waals surface area (Å²) in [6.45, 7) is 26.7. The van der Waals surface area contributed by atoms with E-state index in [-0.39, 0.29) is 18.9 Å². The van der Waals surface area contributed by atoms with E-state index >= 15 is 0 Å². The number of hydrogen-bond acceptors (Lipinski definition) is 4. The highest BCUT2D eigenvalue weighted by molar-refractivity contribution is 5.73. The molecule has 3 N–H and O–H groups in total. The van der Waals surface area contributed by atoms with Crippen LogP contribution in [0.5, 0.6) is 17.2 Å². The van der Waals surface area contributed by atoms with Gasteiger partial charge in [-0.15, -0.1) is 0 Å². The predicted octanol–water partition coefficient (Wildman–Crippen LogP) is 15.3. The third-order valence-corrected chi connectivity index (χ3v) is 8.83. The molecule has 4 heteroatoms. The van der Waals surface area contributed by atoms with Gasteiger partial charge in [-0.25, -0.2) is 0 Å². The Morgan fingerprint density at radius 2 is 1.05 bits per heavy atom. The van der Waals surface area contributed by atoms with Crippen molar-refractivity contribution in [2.45, 2.75) is 135 Å². The Labute approximate surface area is 354 Å². The molecular formula is C54H79NO3. The third kappa shape index (κ3) is 23.0. The maximum atomic E-state index is 9.16. The zero-order valence-electron chi connectivity index (χ0n) is 37.4. The number of phenolic OH excluding ortho intramolecular Hbond substituents is 3. The maximum Gasteiger partial charge on any atom is 0.157 e. The van der Waals surface area contributed by atoms with Crippen molar-refractivity contribution in [3.63, 3.8) is 0 Å². The van der Waals surface area contributed by atoms with Crippen LogP contribution in [-0.4, -0.2) is 21.5 Å². The molecule has 0 unspecified atom stereocenters. The van der Waals surface area contributed by atoms with Crippen molar-refractivity contribution >= 4 is 11.8 Å². The largest absolute Gasteiger partial charge is 0.508 e. The van der Waals surface area contributed by atoms with Gasteiger partial charge in [0.05, 0.1) is 0 Å². The van der Waals surface area contributed by atoms with E-state index in [1.54, 1.807) is 18.2 Å². The molecule has 1 aliphatic carbocycles. The average molecular weight is 790 g/mol. The van der Waals surface area contributed by atoms with Gasteiger partial charge in [0.2, 0.25) is 0 Å². The Hall–Kier alpha value is -4.57. The second-order valence-corrected chi connectivity index (χ2v) is 19.1. The molecule has 6 rings (SSSR count). The van der Waals surface area contributed by atoms with Crippen molar-refractivity contribution in [2.24, 2.45) is 33.6 Å². The molecule has 0 bridgehead atoms. The normalized spacial score (nSPS) is 12.7. The third-order valence-electron chi connectivity index (χ3n) is 8.83. The van der Waals surface area contributed by atoms with Crippen LogP contribution < -0.4 is 0 Å². The molecule has 318 valence electrons. The van der Waals surface area contributed by atoms with E-state index in [0.717, 1.165) is 43.6 Å². The van der Waals surface area contributed by atoms with Crippen molar-refractivity contribution in [3.05, 3.63) is 143 Å². The summed E-state index contributed by atoms with van der Waals surface area (Å²) in [5.74, 6) is 2.27. The quantitative estimate of drug-likeness (QED) is 0.156. The number of allylic oxidation sites excluding steroid dienone is 4. The summed E-state index contributed by atoms with van der Waals surface area (Å²) in [5, 5.41) is 27.2. The second kappa shape index (κ2) is 25.7. The number of phenols is 3. The molecule has 0 saturated heterocycles. The molecule has 0 atom stereocenters. The minimum atomic E-state index is -0.0532. The first kappa shape index (κ1) is 51.4. The first-order chi connectivity index (χ1) is 26.7. The average Bonchev–Trinajstić information content (AvgIpc) is 3.77. The molecule has 1 aliphatic heterocycles. The fourth-order valence-electron chi connectivity index (χ4n) is 6.52. The van der Waals surface area contributed by atoms with Gasteiger partial charge in [-0.1, -0.05) is 175 Å². The van der Waals surface area contributed by atoms with E-state index in [9.17, 15) is 0 Å². The fraction of sp³-hybridized carbons (Fsp3) is 0.463. The number of nitrogens with zero attached hydrogens (tertiary/aromatic N) is 1. The molecule has 0 amide bonds. The number of rotatable bonds is 8. The van der Waals surface area contributed by atoms with Crippen molar-refractivity contribution in [1.82, 2.24) is 0 Å². The summed E-state index contributed by atoms with van der Waals surface area (Å²) in [4.78, 5) is 4.26. The standard InChI is InChI=1S/C14H18.C10H14O2.C10H14O.C10H14.C9H15N.CH4/c1-14(2,3)10-12-9-8-11-6-4-5-7-13(11)12;1-7(2)5-8-3-4-9(11)10(12)6-8;1-8(2)7-9-3-5-10(11)6-4-9;1-9(2)8-10-6-4-3-5-7-10;1-9(2,3)7-8-5-4-6-10-8;/h4-7,9H,8,10H2,1-3H3;3-4,6-7,11-12H,5H2,1-2H3;3-6,8,11H,7H2,1-2H3;3-7,9H,8H2,1-2H3;5-6H,4,7H2,1-3H3;1H4. The van der Waals surface area contributed by atoms with E-state index in [1.165, 1.54) is 52.4 Å². The van der Waals surface area contributed by atoms with Crippen LogP contribution in [0.2, 0.25) is 0 Å². The minimum Gasteiger partial charge on any atom is -0.508 e. The lowest BCUT2D eigenvalue weighted by Gasteiger charge is -2.19. The van der Waals surface area contributed by atoms with Gasteiger partial charge in [0.15, 0.2) is 11.5 Å². The Morgan fingerprint density at radius 1 is 0.552 bits per heavy atom. The Kier molecular flexibility index (Phi) is 22.8. The Bertz CT molecular complexity index is 1820. The van der Waals surface area contributed by atoms with Crippen LogP contribution in [0, 0.1) is 28.6 Å². The lowest BCUT2D eigenvalue weighted by molar-refractivity contribution is 0.403. The number of benzene rings is 4. The first-order valence-corrected chi connectivity index (χ1v) is 21.0. The van der Waals surface area contributed by atoms with E-state index < -0.39 is 0 Å². The van der Waals surface area contributed by atoms with E-state index in [2.05, 4.69) is 155 Å². The minimum absolute atomic E-state index is 0. The number of aromatic hydroxyl groups is 3. The van der Waals surface area contributed by atoms with Crippen LogP contribution in [0.25, 0.3) is 5.57 Å². The second-order valence-electron chi connectivity index (χ2n) is 19.1. The van der Waals surface area contributed by atoms with Gasteiger partial charge >= 0.3 is 0 Å². The molecule has 0 saturated carbocycles. The van der Waals surface area contributed by atoms with Gasteiger partial charge in [-0.2, -0.15) is 0 Å². The summed E-state index contributed by atoms with van der Waals surface area (Å²) in [6, 6.07) is 31.7. The molecular weight excluding hydrogens is 711 g/mol. The fourth-order valence-corrected chi connectivity index (χ4v) is 6.52. The molecule has 4 nitrogen and oxygen atoms in total. The van der Waals surface area contributed by atoms with Gasteiger partial charge < -0.3 is 15.3 Å². The molecule has 4 aromatic carbocycles. The molecule has 1 heterocycles. The summed E-state index contributed by atoms with van der Waals surface area (Å²) in [5.41, 5.74) is 10.3. The van der Waals surface area contributed by atoms with Gasteiger partial charge in [0, 0.05) is 18.3 Å². The topological polar surface area (TPSA) is 73.1 Å². The monoisotopic (exact) mass is 790 g/mol. The summed E-state index contributed by atoms with van der Waals surface area (Å²) >= 11 is 0. The Morgan fingerprint density at radius 3 is 1.55 bits per heavy atom. The lowest BCUT2D eigenvalue weighted by atomic mass is 9.86. The molecule has 0 fully saturated rings. The van der Waals surface area contributed by atoms with E-state index in [0.29, 0.717) is 28.4 Å². The highest BCUT2D eigenvalue weighted by Gasteiger charge is 2.19. The smallest absolute Gasteiger partial charge is 0.157 e.